The Bertz CT molecular complexity index is 753. The molecule has 2 heterocycles. The molecule has 4 heteroatoms. The van der Waals surface area contributed by atoms with Crippen LogP contribution >= 0.6 is 0 Å². The highest BCUT2D eigenvalue weighted by molar-refractivity contribution is 5.86. The topological polar surface area (TPSA) is 32.8 Å². The lowest BCUT2D eigenvalue weighted by Crippen LogP contribution is -2.24. The molecule has 0 atom stereocenters. The van der Waals surface area contributed by atoms with Crippen molar-refractivity contribution in [2.24, 2.45) is 0 Å². The summed E-state index contributed by atoms with van der Waals surface area (Å²) in [4.78, 5) is 15.9. The molecular formula is C25H36N2O2. The molecule has 0 bridgehead atoms. The lowest BCUT2D eigenvalue weighted by Gasteiger charge is -2.27. The second kappa shape index (κ2) is 11.5. The number of unbranched alkanes of at least 4 members (excludes halogenated alkanes) is 4. The van der Waals surface area contributed by atoms with Gasteiger partial charge in [0.25, 0.3) is 0 Å². The number of carbonyl (C=O) groups is 1. The molecule has 4 nitrogen and oxygen atoms in total. The summed E-state index contributed by atoms with van der Waals surface area (Å²) >= 11 is 0. The van der Waals surface area contributed by atoms with Crippen LogP contribution in [-0.2, 0) is 9.53 Å². The quantitative estimate of drug-likeness (QED) is 0.264. The fourth-order valence-corrected chi connectivity index (χ4v) is 3.39. The number of rotatable bonds is 10. The molecule has 0 aliphatic carbocycles. The number of esters is 1. The maximum absolute atomic E-state index is 11.5. The standard InChI is InChI=1S/C25H36N2O2/c1-6-7-8-9-10-13-26-14-11-23(18-21(26)4)24-12-15-27(22(5)19-24)16-17-29-25(28)20(2)3/h11-12,14-15,18-19H,2,6-10,13,16-17H2,1,3-5H3. The lowest BCUT2D eigenvalue weighted by molar-refractivity contribution is -0.139. The highest BCUT2D eigenvalue weighted by atomic mass is 16.5. The summed E-state index contributed by atoms with van der Waals surface area (Å²) in [5, 5.41) is 0. The fourth-order valence-electron chi connectivity index (χ4n) is 3.39. The molecule has 0 fully saturated rings. The van der Waals surface area contributed by atoms with Crippen LogP contribution < -0.4 is 0 Å². The van der Waals surface area contributed by atoms with Crippen molar-refractivity contribution in [3.63, 3.8) is 0 Å². The third kappa shape index (κ3) is 7.12. The van der Waals surface area contributed by atoms with Gasteiger partial charge in [0.1, 0.15) is 6.61 Å². The molecule has 158 valence electrons. The van der Waals surface area contributed by atoms with Crippen molar-refractivity contribution in [2.45, 2.75) is 59.8 Å². The Morgan fingerprint density at radius 1 is 0.931 bits per heavy atom. The van der Waals surface area contributed by atoms with E-state index < -0.39 is 0 Å². The zero-order valence-electron chi connectivity index (χ0n) is 18.5. The van der Waals surface area contributed by atoms with Crippen LogP contribution in [0.15, 0.2) is 71.4 Å². The maximum Gasteiger partial charge on any atom is 0.333 e. The van der Waals surface area contributed by atoms with Crippen LogP contribution in [0.5, 0.6) is 0 Å². The van der Waals surface area contributed by atoms with Crippen molar-refractivity contribution in [1.82, 2.24) is 9.80 Å². The van der Waals surface area contributed by atoms with Crippen molar-refractivity contribution >= 4 is 5.97 Å². The first-order valence-corrected chi connectivity index (χ1v) is 10.8. The third-order valence-electron chi connectivity index (χ3n) is 5.25. The van der Waals surface area contributed by atoms with Gasteiger partial charge in [0.15, 0.2) is 0 Å². The number of hydrogen-bond donors (Lipinski definition) is 0. The van der Waals surface area contributed by atoms with E-state index in [1.165, 1.54) is 48.9 Å². The summed E-state index contributed by atoms with van der Waals surface area (Å²) in [6, 6.07) is 0. The monoisotopic (exact) mass is 396 g/mol. The van der Waals surface area contributed by atoms with Gasteiger partial charge in [-0.1, -0.05) is 39.2 Å². The minimum atomic E-state index is -0.335. The first-order chi connectivity index (χ1) is 13.9. The lowest BCUT2D eigenvalue weighted by atomic mass is 10.0. The Kier molecular flexibility index (Phi) is 9.04. The van der Waals surface area contributed by atoms with Crippen molar-refractivity contribution in [2.75, 3.05) is 19.7 Å². The average molecular weight is 397 g/mol. The van der Waals surface area contributed by atoms with E-state index in [1.54, 1.807) is 6.92 Å². The SMILES string of the molecule is C=C(C)C(=O)OCCN1C=CC(=C2C=CN(CCCCCCC)C(C)=C2)C=C1C. The van der Waals surface area contributed by atoms with Crippen molar-refractivity contribution < 1.29 is 9.53 Å². The van der Waals surface area contributed by atoms with E-state index in [-0.39, 0.29) is 5.97 Å². The Hall–Kier alpha value is -2.49. The van der Waals surface area contributed by atoms with Crippen LogP contribution in [-0.4, -0.2) is 35.5 Å². The molecule has 0 aromatic carbocycles. The molecule has 2 aliphatic rings. The molecule has 0 saturated heterocycles. The van der Waals surface area contributed by atoms with Crippen LogP contribution in [0.3, 0.4) is 0 Å². The van der Waals surface area contributed by atoms with Crippen LogP contribution in [0.25, 0.3) is 0 Å². The molecule has 0 radical (unpaired) electrons. The second-order valence-corrected chi connectivity index (χ2v) is 7.83. The van der Waals surface area contributed by atoms with Crippen LogP contribution in [0.4, 0.5) is 0 Å². The van der Waals surface area contributed by atoms with E-state index in [9.17, 15) is 4.79 Å². The van der Waals surface area contributed by atoms with Crippen LogP contribution in [0.1, 0.15) is 59.8 Å². The Morgan fingerprint density at radius 3 is 2.00 bits per heavy atom. The van der Waals surface area contributed by atoms with Gasteiger partial charge in [0.05, 0.1) is 6.54 Å². The summed E-state index contributed by atoms with van der Waals surface area (Å²) in [7, 11) is 0. The maximum atomic E-state index is 11.5. The molecule has 29 heavy (non-hydrogen) atoms. The van der Waals surface area contributed by atoms with Crippen molar-refractivity contribution in [3.05, 3.63) is 71.4 Å². The van der Waals surface area contributed by atoms with E-state index in [4.69, 9.17) is 4.74 Å². The minimum absolute atomic E-state index is 0.335. The molecule has 0 unspecified atom stereocenters. The second-order valence-electron chi connectivity index (χ2n) is 7.83. The zero-order chi connectivity index (χ0) is 21.2. The summed E-state index contributed by atoms with van der Waals surface area (Å²) in [6.07, 6.45) is 19.6. The first kappa shape index (κ1) is 22.8. The van der Waals surface area contributed by atoms with Gasteiger partial charge < -0.3 is 14.5 Å². The molecule has 2 aliphatic heterocycles. The predicted octanol–water partition coefficient (Wildman–Crippen LogP) is 5.84. The van der Waals surface area contributed by atoms with Crippen LogP contribution in [0, 0.1) is 0 Å². The molecule has 0 aromatic heterocycles. The predicted molar refractivity (Wildman–Crippen MR) is 121 cm³/mol. The van der Waals surface area contributed by atoms with Gasteiger partial charge in [0.2, 0.25) is 0 Å². The molecule has 0 N–H and O–H groups in total. The summed E-state index contributed by atoms with van der Waals surface area (Å²) in [5.41, 5.74) is 5.29. The van der Waals surface area contributed by atoms with Crippen LogP contribution in [0.2, 0.25) is 0 Å². The molecule has 0 saturated carbocycles. The van der Waals surface area contributed by atoms with Gasteiger partial charge in [-0.25, -0.2) is 4.79 Å². The molecule has 0 spiro atoms. The minimum Gasteiger partial charge on any atom is -0.460 e. The van der Waals surface area contributed by atoms with Crippen molar-refractivity contribution in [1.29, 1.82) is 0 Å². The summed E-state index contributed by atoms with van der Waals surface area (Å²) < 4.78 is 5.20. The van der Waals surface area contributed by atoms with E-state index in [1.807, 2.05) is 0 Å². The number of nitrogens with zero attached hydrogens (tertiary/aromatic N) is 2. The summed E-state index contributed by atoms with van der Waals surface area (Å²) in [5.74, 6) is -0.335. The highest BCUT2D eigenvalue weighted by Crippen LogP contribution is 2.25. The normalized spacial score (nSPS) is 18.6. The number of ether oxygens (including phenoxy) is 1. The number of carbonyl (C=O) groups excluding carboxylic acids is 1. The largest absolute Gasteiger partial charge is 0.460 e. The Morgan fingerprint density at radius 2 is 1.48 bits per heavy atom. The molecule has 0 amide bonds. The Labute approximate surface area is 176 Å². The zero-order valence-corrected chi connectivity index (χ0v) is 18.5. The first-order valence-electron chi connectivity index (χ1n) is 10.8. The van der Waals surface area contributed by atoms with E-state index in [0.29, 0.717) is 18.7 Å². The summed E-state index contributed by atoms with van der Waals surface area (Å²) in [6.45, 7) is 13.8. The molecular weight excluding hydrogens is 360 g/mol. The molecule has 2 rings (SSSR count). The van der Waals surface area contributed by atoms with Gasteiger partial charge in [-0.05, 0) is 62.6 Å². The number of allylic oxidation sites excluding steroid dienone is 8. The Balaban J connectivity index is 1.90. The van der Waals surface area contributed by atoms with E-state index in [2.05, 4.69) is 73.9 Å². The fraction of sp³-hybridized carbons (Fsp3) is 0.480. The number of hydrogen-bond acceptors (Lipinski definition) is 4. The van der Waals surface area contributed by atoms with Gasteiger partial charge in [-0.2, -0.15) is 0 Å². The average Bonchev–Trinajstić information content (AvgIpc) is 2.69. The van der Waals surface area contributed by atoms with E-state index >= 15 is 0 Å². The molecule has 0 aromatic rings. The van der Waals surface area contributed by atoms with Gasteiger partial charge in [-0.3, -0.25) is 0 Å². The third-order valence-corrected chi connectivity index (χ3v) is 5.25. The highest BCUT2D eigenvalue weighted by Gasteiger charge is 2.13. The van der Waals surface area contributed by atoms with Gasteiger partial charge in [0, 0.05) is 35.9 Å². The van der Waals surface area contributed by atoms with E-state index in [0.717, 1.165) is 12.2 Å². The van der Waals surface area contributed by atoms with Gasteiger partial charge in [-0.15, -0.1) is 0 Å². The smallest absolute Gasteiger partial charge is 0.333 e. The van der Waals surface area contributed by atoms with Crippen molar-refractivity contribution in [3.8, 4) is 0 Å². The van der Waals surface area contributed by atoms with Gasteiger partial charge >= 0.3 is 5.97 Å².